The van der Waals surface area contributed by atoms with Crippen LogP contribution in [-0.4, -0.2) is 95.4 Å². The molecule has 4 heterocycles. The number of hydrogen-bond acceptors (Lipinski definition) is 15. The highest BCUT2D eigenvalue weighted by Gasteiger charge is 2.65. The minimum absolute atomic E-state index is 0.0609. The molecule has 2 saturated heterocycles. The van der Waals surface area contributed by atoms with E-state index in [-0.39, 0.29) is 23.7 Å². The summed E-state index contributed by atoms with van der Waals surface area (Å²) < 4.78 is 48.1. The first-order valence-electron chi connectivity index (χ1n) is 15.9. The fourth-order valence-electron chi connectivity index (χ4n) is 8.23. The number of nitrogens with zero attached hydrogens (tertiary/aromatic N) is 3. The molecule has 0 amide bonds. The molecule has 1 spiro atoms. The minimum atomic E-state index is -1.39. The fraction of sp³-hybridized carbons (Fsp3) is 0.576. The quantitative estimate of drug-likeness (QED) is 0.181. The Balaban J connectivity index is 1.30. The van der Waals surface area contributed by atoms with Gasteiger partial charge in [0, 0.05) is 57.6 Å². The van der Waals surface area contributed by atoms with Crippen LogP contribution in [0.4, 0.5) is 0 Å². The van der Waals surface area contributed by atoms with Gasteiger partial charge in [-0.05, 0) is 38.1 Å². The number of benzene rings is 1. The summed E-state index contributed by atoms with van der Waals surface area (Å²) in [4.78, 5) is 51.6. The van der Waals surface area contributed by atoms with Crippen molar-refractivity contribution in [3.8, 4) is 11.5 Å². The summed E-state index contributed by atoms with van der Waals surface area (Å²) in [5.41, 5.74) is 1.59. The van der Waals surface area contributed by atoms with Crippen molar-refractivity contribution in [2.75, 3.05) is 13.6 Å². The van der Waals surface area contributed by atoms with E-state index in [4.69, 9.17) is 37.6 Å². The molecule has 2 fully saturated rings. The van der Waals surface area contributed by atoms with Crippen molar-refractivity contribution in [3.63, 3.8) is 0 Å². The van der Waals surface area contributed by atoms with Crippen molar-refractivity contribution >= 4 is 23.9 Å². The Morgan fingerprint density at radius 2 is 1.62 bits per heavy atom. The van der Waals surface area contributed by atoms with Crippen LogP contribution in [0.5, 0.6) is 11.5 Å². The summed E-state index contributed by atoms with van der Waals surface area (Å²) >= 11 is 0. The minimum Gasteiger partial charge on any atom is -0.482 e. The molecule has 2 aromatic rings. The number of esters is 4. The summed E-state index contributed by atoms with van der Waals surface area (Å²) in [5.74, 6) is -1.57. The van der Waals surface area contributed by atoms with E-state index in [1.165, 1.54) is 27.7 Å². The summed E-state index contributed by atoms with van der Waals surface area (Å²) in [5, 5.41) is 7.96. The van der Waals surface area contributed by atoms with Crippen LogP contribution >= 0.6 is 0 Å². The first kappa shape index (κ1) is 32.2. The Morgan fingerprint density at radius 3 is 2.29 bits per heavy atom. The summed E-state index contributed by atoms with van der Waals surface area (Å²) in [7, 11) is 2.12. The lowest BCUT2D eigenvalue weighted by Gasteiger charge is -2.57. The average molecular weight is 668 g/mol. The Hall–Kier alpha value is -4.34. The average Bonchev–Trinajstić information content (AvgIpc) is 3.60. The van der Waals surface area contributed by atoms with Crippen LogP contribution in [-0.2, 0) is 54.7 Å². The lowest BCUT2D eigenvalue weighted by atomic mass is 9.53. The fourth-order valence-corrected chi connectivity index (χ4v) is 8.23. The van der Waals surface area contributed by atoms with E-state index in [1.807, 2.05) is 12.1 Å². The molecule has 256 valence electrons. The van der Waals surface area contributed by atoms with Crippen molar-refractivity contribution in [1.82, 2.24) is 15.1 Å². The molecule has 1 aromatic carbocycles. The largest absolute Gasteiger partial charge is 0.482 e. The van der Waals surface area contributed by atoms with Gasteiger partial charge in [0.1, 0.15) is 12.2 Å². The molecular formula is C33H37N3O12. The van der Waals surface area contributed by atoms with E-state index in [1.54, 1.807) is 13.0 Å². The second-order valence-corrected chi connectivity index (χ2v) is 12.9. The SMILES string of the molecule is CC(=O)Oc1ccc2c3c1O[C@H]1[C@@H](O[C@@H]4OC(c5nnc(C)o5)[C@@H](OC(C)=O)C(OC(C)=O)C4OC(C)=O)C=CC4[C@@H](C2)N(C)CC[C@@]341. The van der Waals surface area contributed by atoms with Crippen LogP contribution < -0.4 is 9.47 Å². The van der Waals surface area contributed by atoms with Gasteiger partial charge in [0.05, 0.1) is 0 Å². The van der Waals surface area contributed by atoms with Gasteiger partial charge in [-0.25, -0.2) is 0 Å². The highest BCUT2D eigenvalue weighted by atomic mass is 16.7. The number of likely N-dealkylation sites (tertiary alicyclic amines) is 1. The molecule has 48 heavy (non-hydrogen) atoms. The Morgan fingerprint density at radius 1 is 0.917 bits per heavy atom. The standard InChI is InChI=1S/C33H37N3O12/c1-14-34-35-31(41-14)28-26(43-16(3)38)27(44-17(4)39)29(45-18(5)40)32(48-28)46-23-10-8-20-21-13-19-7-9-22(42-15(2)37)25-24(19)33(20,30(23)47-25)11-12-36(21)6/h7-10,20-21,23,26-30,32H,11-13H2,1-6H3/t20?,21-,23+,26+,27?,28?,29?,30+,32-,33+/m1/s1. The second-order valence-electron chi connectivity index (χ2n) is 12.9. The first-order valence-corrected chi connectivity index (χ1v) is 15.9. The highest BCUT2D eigenvalue weighted by molar-refractivity contribution is 5.72. The zero-order valence-corrected chi connectivity index (χ0v) is 27.4. The number of ether oxygens (including phenoxy) is 7. The van der Waals surface area contributed by atoms with Gasteiger partial charge < -0.3 is 42.5 Å². The van der Waals surface area contributed by atoms with Gasteiger partial charge in [0.25, 0.3) is 0 Å². The van der Waals surface area contributed by atoms with Gasteiger partial charge in [-0.3, -0.25) is 19.2 Å². The number of rotatable bonds is 7. The molecule has 4 unspecified atom stereocenters. The molecule has 5 aliphatic rings. The molecule has 15 heteroatoms. The molecule has 2 bridgehead atoms. The molecule has 0 saturated carbocycles. The van der Waals surface area contributed by atoms with Crippen molar-refractivity contribution in [2.24, 2.45) is 5.92 Å². The number of aromatic nitrogens is 2. The van der Waals surface area contributed by atoms with Crippen LogP contribution in [0.25, 0.3) is 0 Å². The third-order valence-electron chi connectivity index (χ3n) is 9.85. The summed E-state index contributed by atoms with van der Waals surface area (Å²) in [6, 6.07) is 3.96. The number of piperidine rings is 1. The van der Waals surface area contributed by atoms with E-state index in [0.29, 0.717) is 11.5 Å². The molecule has 15 nitrogen and oxygen atoms in total. The maximum atomic E-state index is 12.5. The van der Waals surface area contributed by atoms with Crippen LogP contribution in [0.15, 0.2) is 28.7 Å². The van der Waals surface area contributed by atoms with Crippen LogP contribution in [0, 0.1) is 12.8 Å². The molecule has 0 N–H and O–H groups in total. The molecule has 10 atom stereocenters. The molecule has 3 aliphatic heterocycles. The van der Waals surface area contributed by atoms with E-state index in [9.17, 15) is 19.2 Å². The van der Waals surface area contributed by atoms with Crippen molar-refractivity contribution in [2.45, 2.75) is 102 Å². The number of carbonyl (C=O) groups excluding carboxylic acids is 4. The maximum absolute atomic E-state index is 12.5. The van der Waals surface area contributed by atoms with Crippen LogP contribution in [0.2, 0.25) is 0 Å². The zero-order chi connectivity index (χ0) is 34.1. The van der Waals surface area contributed by atoms with Gasteiger partial charge in [0.15, 0.2) is 35.9 Å². The molecule has 1 aromatic heterocycles. The predicted molar refractivity (Wildman–Crippen MR) is 159 cm³/mol. The van der Waals surface area contributed by atoms with E-state index in [0.717, 1.165) is 30.5 Å². The second kappa shape index (κ2) is 12.0. The topological polar surface area (TPSA) is 175 Å². The van der Waals surface area contributed by atoms with E-state index >= 15 is 0 Å². The Labute approximate surface area is 275 Å². The molecular weight excluding hydrogens is 630 g/mol. The lowest BCUT2D eigenvalue weighted by Crippen LogP contribution is -2.66. The Kier molecular flexibility index (Phi) is 8.03. The smallest absolute Gasteiger partial charge is 0.308 e. The van der Waals surface area contributed by atoms with Crippen LogP contribution in [0.1, 0.15) is 63.1 Å². The van der Waals surface area contributed by atoms with E-state index in [2.05, 4.69) is 28.2 Å². The van der Waals surface area contributed by atoms with Gasteiger partial charge >= 0.3 is 23.9 Å². The Bertz CT molecular complexity index is 1690. The van der Waals surface area contributed by atoms with Gasteiger partial charge in [-0.15, -0.1) is 10.2 Å². The first-order chi connectivity index (χ1) is 22.9. The van der Waals surface area contributed by atoms with Gasteiger partial charge in [0.2, 0.25) is 18.1 Å². The van der Waals surface area contributed by atoms with Gasteiger partial charge in [-0.2, -0.15) is 0 Å². The third kappa shape index (κ3) is 5.24. The lowest BCUT2D eigenvalue weighted by molar-refractivity contribution is -0.320. The normalized spacial score (nSPS) is 34.4. The summed E-state index contributed by atoms with van der Waals surface area (Å²) in [6.45, 7) is 7.26. The number of hydrogen-bond donors (Lipinski definition) is 0. The monoisotopic (exact) mass is 667 g/mol. The van der Waals surface area contributed by atoms with Crippen molar-refractivity contribution < 1.29 is 56.8 Å². The highest BCUT2D eigenvalue weighted by Crippen LogP contribution is 2.63. The van der Waals surface area contributed by atoms with Crippen molar-refractivity contribution in [3.05, 3.63) is 47.2 Å². The zero-order valence-electron chi connectivity index (χ0n) is 27.4. The number of carbonyl (C=O) groups is 4. The van der Waals surface area contributed by atoms with Crippen molar-refractivity contribution in [1.29, 1.82) is 0 Å². The third-order valence-corrected chi connectivity index (χ3v) is 9.85. The van der Waals surface area contributed by atoms with E-state index < -0.39 is 72.2 Å². The van der Waals surface area contributed by atoms with Gasteiger partial charge in [-0.1, -0.05) is 18.2 Å². The molecule has 2 aliphatic carbocycles. The molecule has 0 radical (unpaired) electrons. The van der Waals surface area contributed by atoms with Crippen LogP contribution in [0.3, 0.4) is 0 Å². The number of aryl methyl sites for hydroxylation is 1. The maximum Gasteiger partial charge on any atom is 0.308 e. The predicted octanol–water partition coefficient (Wildman–Crippen LogP) is 2.03. The number of likely N-dealkylation sites (N-methyl/N-ethyl adjacent to an activating group) is 1. The summed E-state index contributed by atoms with van der Waals surface area (Å²) in [6.07, 6.45) is -2.57. The molecule has 7 rings (SSSR count).